The molecule has 22 heavy (non-hydrogen) atoms. The number of nitrogens with zero attached hydrogens (tertiary/aromatic N) is 1. The summed E-state index contributed by atoms with van der Waals surface area (Å²) in [7, 11) is 0. The molecule has 0 radical (unpaired) electrons. The molecule has 2 atom stereocenters. The number of phenols is 1. The van der Waals surface area contributed by atoms with Crippen LogP contribution in [0.15, 0.2) is 41.5 Å². The molecule has 0 unspecified atom stereocenters. The van der Waals surface area contributed by atoms with Gasteiger partial charge in [-0.3, -0.25) is 4.79 Å². The molecule has 2 fully saturated rings. The second-order valence-corrected chi connectivity index (χ2v) is 7.01. The van der Waals surface area contributed by atoms with Crippen molar-refractivity contribution in [2.45, 2.75) is 33.1 Å². The Balaban J connectivity index is 1.70. The fraction of sp³-hybridized carbons (Fsp3) is 0.444. The second-order valence-electron chi connectivity index (χ2n) is 7.01. The molecular formula is C18H22N2O2. The minimum absolute atomic E-state index is 0.0380. The van der Waals surface area contributed by atoms with E-state index in [-0.39, 0.29) is 17.1 Å². The van der Waals surface area contributed by atoms with Crippen molar-refractivity contribution >= 4 is 12.1 Å². The minimum Gasteiger partial charge on any atom is -0.508 e. The number of hydrogen-bond donors (Lipinski definition) is 2. The van der Waals surface area contributed by atoms with E-state index in [0.717, 1.165) is 30.4 Å². The van der Waals surface area contributed by atoms with Crippen molar-refractivity contribution in [3.8, 4) is 5.75 Å². The number of carbonyl (C=O) groups is 1. The topological polar surface area (TPSA) is 61.7 Å². The van der Waals surface area contributed by atoms with Gasteiger partial charge in [0, 0.05) is 0 Å². The molecule has 0 saturated heterocycles. The van der Waals surface area contributed by atoms with Crippen molar-refractivity contribution in [1.82, 2.24) is 5.43 Å². The third kappa shape index (κ3) is 2.14. The highest BCUT2D eigenvalue weighted by molar-refractivity contribution is 5.89. The van der Waals surface area contributed by atoms with Crippen LogP contribution in [0, 0.1) is 16.7 Å². The van der Waals surface area contributed by atoms with Gasteiger partial charge in [0.15, 0.2) is 0 Å². The summed E-state index contributed by atoms with van der Waals surface area (Å²) >= 11 is 0. The van der Waals surface area contributed by atoms with Gasteiger partial charge in [0.05, 0.1) is 11.6 Å². The summed E-state index contributed by atoms with van der Waals surface area (Å²) in [5.41, 5.74) is 4.15. The van der Waals surface area contributed by atoms with Crippen LogP contribution in [-0.2, 0) is 4.79 Å². The molecule has 1 aromatic carbocycles. The number of phenolic OH excluding ortho intramolecular Hbond substituents is 1. The first-order valence-corrected chi connectivity index (χ1v) is 7.69. The van der Waals surface area contributed by atoms with Gasteiger partial charge in [-0.1, -0.05) is 26.0 Å². The molecule has 2 N–H and O–H groups in total. The lowest BCUT2D eigenvalue weighted by molar-refractivity contribution is -0.128. The van der Waals surface area contributed by atoms with Gasteiger partial charge in [0.1, 0.15) is 5.75 Å². The molecule has 0 spiro atoms. The summed E-state index contributed by atoms with van der Waals surface area (Å²) in [6.07, 6.45) is 4.43. The number of fused-ring (bicyclic) bond motifs is 2. The molecule has 3 rings (SSSR count). The number of hydrazone groups is 1. The third-order valence-electron chi connectivity index (χ3n) is 5.60. The molecule has 1 aromatic rings. The third-order valence-corrected chi connectivity index (χ3v) is 5.60. The van der Waals surface area contributed by atoms with Crippen molar-refractivity contribution in [2.24, 2.45) is 21.8 Å². The zero-order valence-corrected chi connectivity index (χ0v) is 13.1. The number of carbonyl (C=O) groups excluding carboxylic acids is 1. The second kappa shape index (κ2) is 4.97. The fourth-order valence-corrected chi connectivity index (χ4v) is 3.97. The molecule has 2 bridgehead atoms. The fourth-order valence-electron chi connectivity index (χ4n) is 3.97. The van der Waals surface area contributed by atoms with E-state index in [9.17, 15) is 9.90 Å². The largest absolute Gasteiger partial charge is 0.508 e. The van der Waals surface area contributed by atoms with E-state index in [0.29, 0.717) is 5.92 Å². The lowest BCUT2D eigenvalue weighted by Gasteiger charge is -2.36. The van der Waals surface area contributed by atoms with Crippen molar-refractivity contribution in [1.29, 1.82) is 0 Å². The zero-order valence-electron chi connectivity index (χ0n) is 13.1. The van der Waals surface area contributed by atoms with Crippen LogP contribution in [0.1, 0.15) is 38.7 Å². The molecule has 0 heterocycles. The Labute approximate surface area is 130 Å². The van der Waals surface area contributed by atoms with Gasteiger partial charge in [-0.25, -0.2) is 5.43 Å². The molecule has 116 valence electrons. The highest BCUT2D eigenvalue weighted by Gasteiger charge is 2.60. The Kier molecular flexibility index (Phi) is 3.35. The number of amides is 1. The summed E-state index contributed by atoms with van der Waals surface area (Å²) in [6.45, 7) is 8.60. The molecule has 2 aliphatic carbocycles. The first-order valence-electron chi connectivity index (χ1n) is 7.69. The smallest absolute Gasteiger partial charge is 0.250 e. The normalized spacial score (nSPS) is 29.2. The summed E-state index contributed by atoms with van der Waals surface area (Å²) < 4.78 is 0. The van der Waals surface area contributed by atoms with Gasteiger partial charge in [0.25, 0.3) is 0 Å². The zero-order chi connectivity index (χ0) is 16.0. The molecule has 4 heteroatoms. The molecule has 0 aromatic heterocycles. The molecule has 4 nitrogen and oxygen atoms in total. The predicted molar refractivity (Wildman–Crippen MR) is 86.5 cm³/mol. The van der Waals surface area contributed by atoms with Crippen molar-refractivity contribution in [3.05, 3.63) is 42.0 Å². The maximum Gasteiger partial charge on any atom is 0.250 e. The SMILES string of the molecule is C=C1C(C)(C)[C@H]2CC[C@]1(C(=O)N/N=C/c1ccc(O)cc1)C2. The number of aromatic hydroxyl groups is 1. The van der Waals surface area contributed by atoms with Gasteiger partial charge in [-0.15, -0.1) is 0 Å². The van der Waals surface area contributed by atoms with Crippen LogP contribution < -0.4 is 5.43 Å². The Morgan fingerprint density at radius 2 is 2.09 bits per heavy atom. The van der Waals surface area contributed by atoms with E-state index in [1.807, 2.05) is 0 Å². The van der Waals surface area contributed by atoms with E-state index < -0.39 is 5.41 Å². The van der Waals surface area contributed by atoms with Crippen LogP contribution in [0.3, 0.4) is 0 Å². The van der Waals surface area contributed by atoms with Crippen molar-refractivity contribution in [2.75, 3.05) is 0 Å². The lowest BCUT2D eigenvalue weighted by Crippen LogP contribution is -2.39. The summed E-state index contributed by atoms with van der Waals surface area (Å²) in [4.78, 5) is 12.6. The van der Waals surface area contributed by atoms with Gasteiger partial charge in [0.2, 0.25) is 5.91 Å². The molecule has 2 saturated carbocycles. The molecule has 2 aliphatic rings. The predicted octanol–water partition coefficient (Wildman–Crippen LogP) is 3.22. The van der Waals surface area contributed by atoms with E-state index >= 15 is 0 Å². The molecule has 0 aliphatic heterocycles. The Bertz CT molecular complexity index is 646. The number of hydrogen-bond acceptors (Lipinski definition) is 3. The van der Waals surface area contributed by atoms with E-state index in [1.54, 1.807) is 30.5 Å². The van der Waals surface area contributed by atoms with Gasteiger partial charge < -0.3 is 5.11 Å². The van der Waals surface area contributed by atoms with Crippen molar-refractivity contribution < 1.29 is 9.90 Å². The van der Waals surface area contributed by atoms with Gasteiger partial charge >= 0.3 is 0 Å². The van der Waals surface area contributed by atoms with E-state index in [2.05, 4.69) is 31.0 Å². The van der Waals surface area contributed by atoms with Crippen LogP contribution in [0.5, 0.6) is 5.75 Å². The van der Waals surface area contributed by atoms with E-state index in [4.69, 9.17) is 0 Å². The Morgan fingerprint density at radius 3 is 2.68 bits per heavy atom. The molecular weight excluding hydrogens is 276 g/mol. The number of nitrogens with one attached hydrogen (secondary N) is 1. The molecule has 1 amide bonds. The standard InChI is InChI=1S/C18H22N2O2/c1-12-17(2,3)14-8-9-18(12,10-14)16(22)20-19-11-13-4-6-15(21)7-5-13/h4-7,11,14,21H,1,8-10H2,2-3H3,(H,20,22)/b19-11+/t14-,18-/m0/s1. The minimum atomic E-state index is -0.444. The van der Waals surface area contributed by atoms with Crippen LogP contribution in [0.2, 0.25) is 0 Å². The van der Waals surface area contributed by atoms with Gasteiger partial charge in [-0.05, 0) is 60.4 Å². The monoisotopic (exact) mass is 298 g/mol. The van der Waals surface area contributed by atoms with Crippen molar-refractivity contribution in [3.63, 3.8) is 0 Å². The highest BCUT2D eigenvalue weighted by atomic mass is 16.3. The average molecular weight is 298 g/mol. The average Bonchev–Trinajstić information content (AvgIpc) is 3.01. The summed E-state index contributed by atoms with van der Waals surface area (Å²) in [6, 6.07) is 6.66. The van der Waals surface area contributed by atoms with Gasteiger partial charge in [-0.2, -0.15) is 5.10 Å². The maximum absolute atomic E-state index is 12.6. The maximum atomic E-state index is 12.6. The Morgan fingerprint density at radius 1 is 1.41 bits per heavy atom. The summed E-state index contributed by atoms with van der Waals surface area (Å²) in [5, 5.41) is 13.3. The Hall–Kier alpha value is -2.10. The first-order chi connectivity index (χ1) is 10.4. The highest BCUT2D eigenvalue weighted by Crippen LogP contribution is 2.65. The van der Waals surface area contributed by atoms with Crippen LogP contribution >= 0.6 is 0 Å². The quantitative estimate of drug-likeness (QED) is 0.511. The van der Waals surface area contributed by atoms with E-state index in [1.165, 1.54) is 0 Å². The van der Waals surface area contributed by atoms with Crippen LogP contribution in [-0.4, -0.2) is 17.2 Å². The lowest BCUT2D eigenvalue weighted by atomic mass is 9.68. The summed E-state index contributed by atoms with van der Waals surface area (Å²) in [5.74, 6) is 0.717. The van der Waals surface area contributed by atoms with Crippen LogP contribution in [0.4, 0.5) is 0 Å². The first kappa shape index (κ1) is 14.8. The van der Waals surface area contributed by atoms with Crippen LogP contribution in [0.25, 0.3) is 0 Å². The number of benzene rings is 1. The number of rotatable bonds is 3.